The fraction of sp³-hybridized carbons (Fsp3) is 0.296. The molecule has 0 aliphatic carbocycles. The highest BCUT2D eigenvalue weighted by atomic mass is 19.1. The van der Waals surface area contributed by atoms with E-state index in [2.05, 4.69) is 67.2 Å². The van der Waals surface area contributed by atoms with Crippen LogP contribution in [0.3, 0.4) is 0 Å². The number of benzene rings is 1. The SMILES string of the molecule is C=C.C=N/C(=C\C(=N/COc1c(F)cc2[nH]c(C)cc2c1F)N1CCN(C)CC1)Nc1cc(/C=C\C)[nH]n1. The zero-order valence-electron chi connectivity index (χ0n) is 22.0. The van der Waals surface area contributed by atoms with Gasteiger partial charge in [0.15, 0.2) is 29.9 Å². The molecule has 0 spiro atoms. The Morgan fingerprint density at radius 1 is 1.21 bits per heavy atom. The van der Waals surface area contributed by atoms with Crippen molar-refractivity contribution >= 4 is 35.3 Å². The third kappa shape index (κ3) is 6.94. The summed E-state index contributed by atoms with van der Waals surface area (Å²) in [4.78, 5) is 15.8. The molecule has 3 aromatic rings. The van der Waals surface area contributed by atoms with Crippen molar-refractivity contribution in [3.05, 3.63) is 72.4 Å². The van der Waals surface area contributed by atoms with Gasteiger partial charge in [-0.2, -0.15) is 5.10 Å². The summed E-state index contributed by atoms with van der Waals surface area (Å²) in [6.07, 6.45) is 5.51. The molecule has 1 aliphatic rings. The zero-order valence-corrected chi connectivity index (χ0v) is 22.0. The van der Waals surface area contributed by atoms with Crippen LogP contribution in [0, 0.1) is 18.6 Å². The van der Waals surface area contributed by atoms with Crippen molar-refractivity contribution in [3.63, 3.8) is 0 Å². The van der Waals surface area contributed by atoms with Crippen LogP contribution < -0.4 is 10.1 Å². The van der Waals surface area contributed by atoms with Crippen molar-refractivity contribution in [2.45, 2.75) is 13.8 Å². The number of fused-ring (bicyclic) bond motifs is 1. The molecule has 3 heterocycles. The molecular formula is C27H34F2N8O. The maximum absolute atomic E-state index is 14.9. The number of hydrogen-bond acceptors (Lipinski definition) is 6. The number of hydrogen-bond donors (Lipinski definition) is 3. The summed E-state index contributed by atoms with van der Waals surface area (Å²) in [5.74, 6) is -0.462. The molecule has 202 valence electrons. The lowest BCUT2D eigenvalue weighted by molar-refractivity contribution is 0.214. The summed E-state index contributed by atoms with van der Waals surface area (Å²) < 4.78 is 35.0. The van der Waals surface area contributed by atoms with E-state index < -0.39 is 17.4 Å². The minimum atomic E-state index is -0.792. The van der Waals surface area contributed by atoms with Gasteiger partial charge in [-0.05, 0) is 39.8 Å². The van der Waals surface area contributed by atoms with Gasteiger partial charge in [0.25, 0.3) is 0 Å². The van der Waals surface area contributed by atoms with Gasteiger partial charge in [-0.1, -0.05) is 6.08 Å². The molecule has 38 heavy (non-hydrogen) atoms. The molecular weight excluding hydrogens is 490 g/mol. The molecule has 11 heteroatoms. The molecule has 1 fully saturated rings. The Hall–Kier alpha value is -4.25. The smallest absolute Gasteiger partial charge is 0.194 e. The molecule has 0 bridgehead atoms. The second-order valence-electron chi connectivity index (χ2n) is 8.52. The van der Waals surface area contributed by atoms with E-state index in [0.29, 0.717) is 23.0 Å². The number of ether oxygens (including phenoxy) is 1. The standard InChI is InChI=1S/C25H30F2N8O.C2H4/c1-5-6-17-12-22(33-32-17)31-21(28-3)14-23(35-9-7-34(4)8-10-35)29-15-36-25-19(26)13-20-18(24(25)27)11-16(2)30-20;1-2/h5-6,11-14,30H,3,7-10,15H2,1-2,4H3,(H2,31,32,33);1-2H2/b6-5-,21-14+,29-23+;. The quantitative estimate of drug-likeness (QED) is 0.220. The Morgan fingerprint density at radius 2 is 1.95 bits per heavy atom. The van der Waals surface area contributed by atoms with Crippen LogP contribution in [-0.2, 0) is 0 Å². The number of nitrogens with one attached hydrogen (secondary N) is 3. The average Bonchev–Trinajstić information content (AvgIpc) is 3.52. The van der Waals surface area contributed by atoms with Gasteiger partial charge in [0, 0.05) is 55.5 Å². The Morgan fingerprint density at radius 3 is 2.63 bits per heavy atom. The number of aromatic nitrogens is 3. The Bertz CT molecular complexity index is 1330. The van der Waals surface area contributed by atoms with Crippen LogP contribution in [0.1, 0.15) is 18.3 Å². The summed E-state index contributed by atoms with van der Waals surface area (Å²) in [6.45, 7) is 16.2. The van der Waals surface area contributed by atoms with Crippen LogP contribution in [0.25, 0.3) is 17.0 Å². The van der Waals surface area contributed by atoms with E-state index in [1.807, 2.05) is 25.1 Å². The molecule has 2 aromatic heterocycles. The number of rotatable bonds is 8. The van der Waals surface area contributed by atoms with Gasteiger partial charge in [0.1, 0.15) is 11.7 Å². The van der Waals surface area contributed by atoms with Crippen molar-refractivity contribution in [3.8, 4) is 5.75 Å². The van der Waals surface area contributed by atoms with E-state index in [-0.39, 0.29) is 12.1 Å². The second kappa shape index (κ2) is 13.3. The normalized spacial score (nSPS) is 15.0. The largest absolute Gasteiger partial charge is 0.465 e. The lowest BCUT2D eigenvalue weighted by atomic mass is 10.2. The molecule has 3 N–H and O–H groups in total. The van der Waals surface area contributed by atoms with E-state index in [9.17, 15) is 8.78 Å². The van der Waals surface area contributed by atoms with Crippen LogP contribution in [0.4, 0.5) is 14.6 Å². The number of aliphatic imine (C=N–C) groups is 2. The third-order valence-corrected chi connectivity index (χ3v) is 5.81. The minimum absolute atomic E-state index is 0.269. The summed E-state index contributed by atoms with van der Waals surface area (Å²) in [5.41, 5.74) is 1.94. The van der Waals surface area contributed by atoms with Gasteiger partial charge >= 0.3 is 0 Å². The van der Waals surface area contributed by atoms with Gasteiger partial charge in [0.05, 0.1) is 11.2 Å². The van der Waals surface area contributed by atoms with Gasteiger partial charge < -0.3 is 24.8 Å². The molecule has 1 saturated heterocycles. The number of piperazine rings is 1. The van der Waals surface area contributed by atoms with Crippen LogP contribution >= 0.6 is 0 Å². The number of amidine groups is 1. The average molecular weight is 525 g/mol. The highest BCUT2D eigenvalue weighted by Crippen LogP contribution is 2.30. The van der Waals surface area contributed by atoms with E-state index >= 15 is 0 Å². The topological polar surface area (TPSA) is 96.9 Å². The Labute approximate surface area is 221 Å². The van der Waals surface area contributed by atoms with Gasteiger partial charge in [-0.15, -0.1) is 13.2 Å². The second-order valence-corrected chi connectivity index (χ2v) is 8.52. The maximum Gasteiger partial charge on any atom is 0.194 e. The van der Waals surface area contributed by atoms with Gasteiger partial charge in [-0.25, -0.2) is 18.8 Å². The van der Waals surface area contributed by atoms with Crippen LogP contribution in [-0.4, -0.2) is 77.5 Å². The lowest BCUT2D eigenvalue weighted by Crippen LogP contribution is -2.47. The highest BCUT2D eigenvalue weighted by molar-refractivity contribution is 5.94. The first-order valence-electron chi connectivity index (χ1n) is 12.1. The van der Waals surface area contributed by atoms with Crippen molar-refractivity contribution in [1.29, 1.82) is 0 Å². The molecule has 0 radical (unpaired) electrons. The first-order chi connectivity index (χ1) is 18.4. The van der Waals surface area contributed by atoms with Crippen molar-refractivity contribution in [1.82, 2.24) is 25.0 Å². The third-order valence-electron chi connectivity index (χ3n) is 5.81. The van der Waals surface area contributed by atoms with Crippen molar-refractivity contribution in [2.24, 2.45) is 9.98 Å². The van der Waals surface area contributed by atoms with Crippen LogP contribution in [0.15, 0.2) is 59.3 Å². The summed E-state index contributed by atoms with van der Waals surface area (Å²) in [5, 5.41) is 10.5. The number of halogens is 2. The summed E-state index contributed by atoms with van der Waals surface area (Å²) in [6, 6.07) is 4.67. The van der Waals surface area contributed by atoms with Gasteiger partial charge in [-0.3, -0.25) is 5.10 Å². The minimum Gasteiger partial charge on any atom is -0.465 e. The first-order valence-corrected chi connectivity index (χ1v) is 12.1. The number of nitrogens with zero attached hydrogens (tertiary/aromatic N) is 5. The molecule has 0 unspecified atom stereocenters. The molecule has 0 amide bonds. The van der Waals surface area contributed by atoms with E-state index in [1.165, 1.54) is 6.07 Å². The van der Waals surface area contributed by atoms with E-state index in [1.54, 1.807) is 19.1 Å². The van der Waals surface area contributed by atoms with Crippen molar-refractivity contribution in [2.75, 3.05) is 45.3 Å². The number of H-pyrrole nitrogens is 2. The number of aromatic amines is 2. The van der Waals surface area contributed by atoms with E-state index in [4.69, 9.17) is 4.74 Å². The van der Waals surface area contributed by atoms with Crippen LogP contribution in [0.2, 0.25) is 0 Å². The Kier molecular flexibility index (Phi) is 9.94. The predicted molar refractivity (Wildman–Crippen MR) is 151 cm³/mol. The fourth-order valence-electron chi connectivity index (χ4n) is 3.93. The molecule has 9 nitrogen and oxygen atoms in total. The molecule has 4 rings (SSSR count). The number of anilines is 1. The van der Waals surface area contributed by atoms with Gasteiger partial charge in [0.2, 0.25) is 0 Å². The number of likely N-dealkylation sites (N-methyl/N-ethyl adjacent to an activating group) is 1. The summed E-state index contributed by atoms with van der Waals surface area (Å²) in [7, 11) is 2.05. The highest BCUT2D eigenvalue weighted by Gasteiger charge is 2.19. The molecule has 1 aliphatic heterocycles. The predicted octanol–water partition coefficient (Wildman–Crippen LogP) is 4.95. The summed E-state index contributed by atoms with van der Waals surface area (Å²) >= 11 is 0. The zero-order chi connectivity index (χ0) is 27.7. The fourth-order valence-corrected chi connectivity index (χ4v) is 3.93. The van der Waals surface area contributed by atoms with E-state index in [0.717, 1.165) is 37.6 Å². The number of allylic oxidation sites excluding steroid dienone is 1. The molecule has 0 saturated carbocycles. The first kappa shape index (κ1) is 28.3. The molecule has 0 atom stereocenters. The monoisotopic (exact) mass is 524 g/mol. The Balaban J connectivity index is 0.00000195. The lowest BCUT2D eigenvalue weighted by Gasteiger charge is -2.33. The maximum atomic E-state index is 14.9. The molecule has 1 aromatic carbocycles. The van der Waals surface area contributed by atoms with Crippen LogP contribution in [0.5, 0.6) is 5.75 Å². The van der Waals surface area contributed by atoms with Crippen molar-refractivity contribution < 1.29 is 13.5 Å². The number of aryl methyl sites for hydroxylation is 1.